The van der Waals surface area contributed by atoms with E-state index in [0.29, 0.717) is 34.0 Å². The monoisotopic (exact) mass is 474 g/mol. The van der Waals surface area contributed by atoms with Gasteiger partial charge in [0.2, 0.25) is 5.69 Å². The van der Waals surface area contributed by atoms with E-state index in [1.54, 1.807) is 37.4 Å². The number of imidazole rings is 1. The molecule has 0 bridgehead atoms. The smallest absolute Gasteiger partial charge is 0.432 e. The number of hydrogen-bond acceptors (Lipinski definition) is 7. The van der Waals surface area contributed by atoms with Crippen LogP contribution in [0.25, 0.3) is 28.1 Å². The van der Waals surface area contributed by atoms with Crippen LogP contribution in [0.4, 0.5) is 5.69 Å². The predicted molar refractivity (Wildman–Crippen MR) is 125 cm³/mol. The third kappa shape index (κ3) is 3.88. The molecule has 0 radical (unpaired) electrons. The zero-order chi connectivity index (χ0) is 24.5. The van der Waals surface area contributed by atoms with E-state index in [9.17, 15) is 14.9 Å². The molecule has 0 amide bonds. The highest BCUT2D eigenvalue weighted by Gasteiger charge is 2.27. The Balaban J connectivity index is 1.66. The van der Waals surface area contributed by atoms with Gasteiger partial charge in [-0.1, -0.05) is 12.1 Å². The van der Waals surface area contributed by atoms with Crippen molar-refractivity contribution in [1.82, 2.24) is 14.8 Å². The van der Waals surface area contributed by atoms with Gasteiger partial charge in [0.05, 0.1) is 30.2 Å². The van der Waals surface area contributed by atoms with Gasteiger partial charge in [-0.3, -0.25) is 14.6 Å². The van der Waals surface area contributed by atoms with Gasteiger partial charge in [-0.25, -0.2) is 9.78 Å². The van der Waals surface area contributed by atoms with Gasteiger partial charge in [0, 0.05) is 23.8 Å². The molecule has 0 spiro atoms. The van der Waals surface area contributed by atoms with Crippen molar-refractivity contribution in [2.24, 2.45) is 0 Å². The van der Waals surface area contributed by atoms with Crippen LogP contribution >= 0.6 is 0 Å². The fourth-order valence-corrected chi connectivity index (χ4v) is 3.94. The molecule has 11 nitrogen and oxygen atoms in total. The quantitative estimate of drug-likeness (QED) is 0.218. The maximum atomic E-state index is 12.7. The molecule has 5 rings (SSSR count). The molecule has 0 aliphatic heterocycles. The Morgan fingerprint density at radius 1 is 1.09 bits per heavy atom. The predicted octanol–water partition coefficient (Wildman–Crippen LogP) is 3.24. The number of benzene rings is 3. The fourth-order valence-electron chi connectivity index (χ4n) is 3.94. The van der Waals surface area contributed by atoms with Gasteiger partial charge in [-0.15, -0.1) is 0 Å². The first-order valence-corrected chi connectivity index (χ1v) is 10.5. The van der Waals surface area contributed by atoms with E-state index in [2.05, 4.69) is 5.27 Å². The number of H-pyrrole nitrogens is 1. The van der Waals surface area contributed by atoms with Crippen molar-refractivity contribution in [3.63, 3.8) is 0 Å². The van der Waals surface area contributed by atoms with Gasteiger partial charge in [0.25, 0.3) is 0 Å². The van der Waals surface area contributed by atoms with E-state index in [0.717, 1.165) is 5.52 Å². The summed E-state index contributed by atoms with van der Waals surface area (Å²) >= 11 is 0. The molecule has 0 aliphatic rings. The average Bonchev–Trinajstić information content (AvgIpc) is 3.44. The van der Waals surface area contributed by atoms with Crippen LogP contribution < -0.4 is 19.8 Å². The van der Waals surface area contributed by atoms with Gasteiger partial charge in [-0.05, 0) is 46.4 Å². The first-order chi connectivity index (χ1) is 17.0. The van der Waals surface area contributed by atoms with Crippen LogP contribution in [0.1, 0.15) is 5.69 Å². The SMILES string of the molecule is COc1ccc(-[n+]2[nH]oc(=O)c2Cn2c(-c3ccc(OC)c([N+](=O)[O-])c3)nc3ccccc32)cc1. The van der Waals surface area contributed by atoms with Crippen molar-refractivity contribution in [2.75, 3.05) is 14.2 Å². The molecule has 0 atom stereocenters. The van der Waals surface area contributed by atoms with E-state index in [-0.39, 0.29) is 18.0 Å². The molecule has 2 heterocycles. The van der Waals surface area contributed by atoms with E-state index in [1.807, 2.05) is 28.8 Å². The van der Waals surface area contributed by atoms with Crippen LogP contribution in [-0.4, -0.2) is 34.0 Å². The fraction of sp³-hybridized carbons (Fsp3) is 0.125. The van der Waals surface area contributed by atoms with E-state index < -0.39 is 10.5 Å². The highest BCUT2D eigenvalue weighted by Crippen LogP contribution is 2.33. The molecule has 0 fully saturated rings. The zero-order valence-electron chi connectivity index (χ0n) is 18.8. The molecule has 0 saturated heterocycles. The van der Waals surface area contributed by atoms with Gasteiger partial charge >= 0.3 is 17.0 Å². The number of methoxy groups -OCH3 is 2. The van der Waals surface area contributed by atoms with Crippen molar-refractivity contribution in [3.05, 3.63) is 93.0 Å². The number of nitrogens with zero attached hydrogens (tertiary/aromatic N) is 4. The zero-order valence-corrected chi connectivity index (χ0v) is 18.8. The normalized spacial score (nSPS) is 11.0. The lowest BCUT2D eigenvalue weighted by Crippen LogP contribution is -2.39. The summed E-state index contributed by atoms with van der Waals surface area (Å²) in [6.07, 6.45) is 0. The molecule has 35 heavy (non-hydrogen) atoms. The topological polar surface area (TPSA) is 129 Å². The Bertz CT molecular complexity index is 1600. The van der Waals surface area contributed by atoms with Crippen LogP contribution in [-0.2, 0) is 6.54 Å². The maximum Gasteiger partial charge on any atom is 0.432 e. The van der Waals surface area contributed by atoms with Crippen LogP contribution in [0.3, 0.4) is 0 Å². The number of hydrogen-bond donors (Lipinski definition) is 1. The highest BCUT2D eigenvalue weighted by molar-refractivity contribution is 5.81. The van der Waals surface area contributed by atoms with E-state index in [4.69, 9.17) is 19.0 Å². The molecule has 0 aliphatic carbocycles. The lowest BCUT2D eigenvalue weighted by atomic mass is 10.1. The molecular formula is C24H20N5O6+. The summed E-state index contributed by atoms with van der Waals surface area (Å²) in [5.41, 5.74) is 2.17. The molecular weight excluding hydrogens is 454 g/mol. The summed E-state index contributed by atoms with van der Waals surface area (Å²) in [4.78, 5) is 28.5. The maximum absolute atomic E-state index is 12.7. The number of nitro benzene ring substituents is 1. The van der Waals surface area contributed by atoms with E-state index in [1.165, 1.54) is 23.9 Å². The number of aromatic nitrogens is 4. The van der Waals surface area contributed by atoms with Crippen LogP contribution in [0.2, 0.25) is 0 Å². The van der Waals surface area contributed by atoms with Crippen molar-refractivity contribution in [1.29, 1.82) is 0 Å². The van der Waals surface area contributed by atoms with E-state index >= 15 is 0 Å². The molecule has 1 N–H and O–H groups in total. The third-order valence-corrected chi connectivity index (χ3v) is 5.66. The summed E-state index contributed by atoms with van der Waals surface area (Å²) in [5.74, 6) is 1.27. The highest BCUT2D eigenvalue weighted by atomic mass is 16.6. The summed E-state index contributed by atoms with van der Waals surface area (Å²) in [7, 11) is 2.95. The minimum Gasteiger partial charge on any atom is -0.497 e. The Hall–Kier alpha value is -4.93. The molecule has 11 heteroatoms. The number of nitro groups is 1. The van der Waals surface area contributed by atoms with Gasteiger partial charge in [0.15, 0.2) is 5.75 Å². The summed E-state index contributed by atoms with van der Waals surface area (Å²) in [5, 5.41) is 14.2. The number of aromatic amines is 1. The second kappa shape index (κ2) is 8.78. The molecule has 3 aromatic carbocycles. The number of fused-ring (bicyclic) bond motifs is 1. The van der Waals surface area contributed by atoms with Crippen molar-refractivity contribution in [3.8, 4) is 28.6 Å². The Labute approximate surface area is 197 Å². The van der Waals surface area contributed by atoms with Crippen molar-refractivity contribution >= 4 is 16.7 Å². The first kappa shape index (κ1) is 21.9. The second-order valence-corrected chi connectivity index (χ2v) is 7.61. The number of rotatable bonds is 7. The lowest BCUT2D eigenvalue weighted by Gasteiger charge is -2.08. The van der Waals surface area contributed by atoms with Crippen LogP contribution in [0.15, 0.2) is 76.0 Å². The van der Waals surface area contributed by atoms with Gasteiger partial charge < -0.3 is 14.0 Å². The average molecular weight is 474 g/mol. The minimum absolute atomic E-state index is 0.0908. The number of nitrogens with one attached hydrogen (secondary N) is 1. The first-order valence-electron chi connectivity index (χ1n) is 10.5. The molecule has 176 valence electrons. The van der Waals surface area contributed by atoms with Gasteiger partial charge in [-0.2, -0.15) is 0 Å². The summed E-state index contributed by atoms with van der Waals surface area (Å²) in [6.45, 7) is 0.0908. The van der Waals surface area contributed by atoms with Crippen molar-refractivity contribution in [2.45, 2.75) is 6.54 Å². The Morgan fingerprint density at radius 3 is 2.57 bits per heavy atom. The largest absolute Gasteiger partial charge is 0.497 e. The minimum atomic E-state index is -0.551. The molecule has 2 aromatic heterocycles. The number of para-hydroxylation sites is 2. The summed E-state index contributed by atoms with van der Waals surface area (Å²) < 4.78 is 18.8. The molecule has 0 unspecified atom stereocenters. The van der Waals surface area contributed by atoms with Crippen molar-refractivity contribution < 1.29 is 23.6 Å². The van der Waals surface area contributed by atoms with Crippen LogP contribution in [0, 0.1) is 10.1 Å². The lowest BCUT2D eigenvalue weighted by molar-refractivity contribution is -0.677. The Morgan fingerprint density at radius 2 is 1.86 bits per heavy atom. The molecule has 5 aromatic rings. The third-order valence-electron chi connectivity index (χ3n) is 5.66. The summed E-state index contributed by atoms with van der Waals surface area (Å²) in [6, 6.07) is 19.2. The van der Waals surface area contributed by atoms with Gasteiger partial charge in [0.1, 0.15) is 18.1 Å². The molecule has 0 saturated carbocycles. The Kier molecular flexibility index (Phi) is 5.49. The number of ether oxygens (including phenoxy) is 2. The van der Waals surface area contributed by atoms with Crippen LogP contribution in [0.5, 0.6) is 11.5 Å². The second-order valence-electron chi connectivity index (χ2n) is 7.61. The standard InChI is InChI=1S/C24H19N5O6/c1-33-17-10-8-16(9-11-17)28-21(24(30)35-26-28)14-27-19-6-4-3-5-18(19)25-23(27)15-7-12-22(34-2)20(13-15)29(31)32/h3-13H,14H2,1-2H3/p+1.